The summed E-state index contributed by atoms with van der Waals surface area (Å²) in [6.07, 6.45) is 1.60. The number of carbonyl (C=O) groups excluding carboxylic acids is 1. The van der Waals surface area contributed by atoms with Gasteiger partial charge in [0.2, 0.25) is 0 Å². The number of hydrogen-bond acceptors (Lipinski definition) is 3. The maximum atomic E-state index is 12.0. The Labute approximate surface area is 119 Å². The van der Waals surface area contributed by atoms with Gasteiger partial charge in [0.25, 0.3) is 5.91 Å². The van der Waals surface area contributed by atoms with Gasteiger partial charge in [0.05, 0.1) is 5.56 Å². The van der Waals surface area contributed by atoms with Gasteiger partial charge in [-0.3, -0.25) is 4.79 Å². The van der Waals surface area contributed by atoms with Gasteiger partial charge >= 0.3 is 0 Å². The van der Waals surface area contributed by atoms with Crippen molar-refractivity contribution in [2.75, 3.05) is 19.0 Å². The fourth-order valence-electron chi connectivity index (χ4n) is 1.87. The van der Waals surface area contributed by atoms with E-state index in [9.17, 15) is 4.79 Å². The highest BCUT2D eigenvalue weighted by Gasteiger charge is 2.07. The summed E-state index contributed by atoms with van der Waals surface area (Å²) in [5.74, 6) is 0.728. The molecular formula is C16H19N3O. The lowest BCUT2D eigenvalue weighted by molar-refractivity contribution is 0.0950. The largest absolute Gasteiger partial charge is 0.363 e. The van der Waals surface area contributed by atoms with Gasteiger partial charge in [0.15, 0.2) is 0 Å². The topological polar surface area (TPSA) is 45.2 Å². The molecule has 0 atom stereocenters. The van der Waals surface area contributed by atoms with Gasteiger partial charge in [0.1, 0.15) is 5.82 Å². The zero-order chi connectivity index (χ0) is 14.5. The van der Waals surface area contributed by atoms with E-state index in [0.717, 1.165) is 11.4 Å². The third-order valence-corrected chi connectivity index (χ3v) is 3.17. The lowest BCUT2D eigenvalue weighted by Gasteiger charge is -2.11. The second-order valence-corrected chi connectivity index (χ2v) is 4.91. The molecule has 20 heavy (non-hydrogen) atoms. The number of benzene rings is 1. The number of hydrogen-bond donors (Lipinski definition) is 1. The molecule has 4 heteroatoms. The van der Waals surface area contributed by atoms with E-state index in [1.807, 2.05) is 56.3 Å². The number of pyridine rings is 1. The first kappa shape index (κ1) is 14.1. The highest BCUT2D eigenvalue weighted by Crippen LogP contribution is 2.09. The van der Waals surface area contributed by atoms with Crippen LogP contribution in [0, 0.1) is 6.92 Å². The molecule has 0 unspecified atom stereocenters. The van der Waals surface area contributed by atoms with Crippen LogP contribution in [0.25, 0.3) is 0 Å². The Balaban J connectivity index is 2.00. The molecule has 1 heterocycles. The van der Waals surface area contributed by atoms with Crippen LogP contribution < -0.4 is 10.2 Å². The standard InChI is InChI=1S/C16H19N3O/c1-12-6-4-5-7-13(12)10-18-16(20)14-8-9-15(17-11-14)19(2)3/h4-9,11H,10H2,1-3H3,(H,18,20). The minimum absolute atomic E-state index is 0.106. The molecule has 0 spiro atoms. The molecule has 0 saturated carbocycles. The van der Waals surface area contributed by atoms with E-state index in [1.54, 1.807) is 12.3 Å². The summed E-state index contributed by atoms with van der Waals surface area (Å²) in [6.45, 7) is 2.57. The number of aryl methyl sites for hydroxylation is 1. The predicted octanol–water partition coefficient (Wildman–Crippen LogP) is 2.39. The molecule has 0 radical (unpaired) electrons. The zero-order valence-corrected chi connectivity index (χ0v) is 12.1. The number of carbonyl (C=O) groups is 1. The van der Waals surface area contributed by atoms with E-state index in [4.69, 9.17) is 0 Å². The Bertz CT molecular complexity index is 591. The molecule has 1 aromatic carbocycles. The summed E-state index contributed by atoms with van der Waals surface area (Å²) < 4.78 is 0. The van der Waals surface area contributed by atoms with Crippen LogP contribution in [0.1, 0.15) is 21.5 Å². The van der Waals surface area contributed by atoms with Gasteiger partial charge in [0, 0.05) is 26.8 Å². The maximum absolute atomic E-state index is 12.0. The second-order valence-electron chi connectivity index (χ2n) is 4.91. The lowest BCUT2D eigenvalue weighted by atomic mass is 10.1. The Kier molecular flexibility index (Phi) is 4.35. The highest BCUT2D eigenvalue weighted by atomic mass is 16.1. The van der Waals surface area contributed by atoms with Crippen molar-refractivity contribution in [3.8, 4) is 0 Å². The van der Waals surface area contributed by atoms with Gasteiger partial charge in [-0.15, -0.1) is 0 Å². The van der Waals surface area contributed by atoms with Crippen molar-refractivity contribution in [1.29, 1.82) is 0 Å². The van der Waals surface area contributed by atoms with E-state index in [-0.39, 0.29) is 5.91 Å². The van der Waals surface area contributed by atoms with Crippen LogP contribution in [-0.2, 0) is 6.54 Å². The number of aromatic nitrogens is 1. The van der Waals surface area contributed by atoms with Gasteiger partial charge in [-0.05, 0) is 30.2 Å². The summed E-state index contributed by atoms with van der Waals surface area (Å²) >= 11 is 0. The molecule has 0 aliphatic carbocycles. The molecule has 0 aliphatic heterocycles. The smallest absolute Gasteiger partial charge is 0.253 e. The van der Waals surface area contributed by atoms with Crippen LogP contribution in [0.5, 0.6) is 0 Å². The summed E-state index contributed by atoms with van der Waals surface area (Å²) in [5, 5.41) is 2.91. The fraction of sp³-hybridized carbons (Fsp3) is 0.250. The minimum Gasteiger partial charge on any atom is -0.363 e. The predicted molar refractivity (Wildman–Crippen MR) is 80.9 cm³/mol. The molecule has 0 fully saturated rings. The summed E-state index contributed by atoms with van der Waals surface area (Å²) in [5.41, 5.74) is 2.87. The quantitative estimate of drug-likeness (QED) is 0.927. The summed E-state index contributed by atoms with van der Waals surface area (Å²) in [6, 6.07) is 11.6. The molecule has 1 amide bonds. The maximum Gasteiger partial charge on any atom is 0.253 e. The Morgan fingerprint density at radius 1 is 1.20 bits per heavy atom. The molecule has 0 aliphatic rings. The fourth-order valence-corrected chi connectivity index (χ4v) is 1.87. The first-order valence-corrected chi connectivity index (χ1v) is 6.54. The number of nitrogens with one attached hydrogen (secondary N) is 1. The van der Waals surface area contributed by atoms with E-state index < -0.39 is 0 Å². The molecule has 0 bridgehead atoms. The highest BCUT2D eigenvalue weighted by molar-refractivity contribution is 5.94. The second kappa shape index (κ2) is 6.19. The molecule has 1 aromatic heterocycles. The van der Waals surface area contributed by atoms with E-state index in [1.165, 1.54) is 5.56 Å². The average molecular weight is 269 g/mol. The van der Waals surface area contributed by atoms with Crippen molar-refractivity contribution in [2.24, 2.45) is 0 Å². The van der Waals surface area contributed by atoms with Gasteiger partial charge in [-0.25, -0.2) is 4.98 Å². The van der Waals surface area contributed by atoms with E-state index in [0.29, 0.717) is 12.1 Å². The zero-order valence-electron chi connectivity index (χ0n) is 12.1. The lowest BCUT2D eigenvalue weighted by Crippen LogP contribution is -2.23. The van der Waals surface area contributed by atoms with Crippen molar-refractivity contribution in [3.63, 3.8) is 0 Å². The monoisotopic (exact) mass is 269 g/mol. The molecule has 0 saturated heterocycles. The van der Waals surface area contributed by atoms with Crippen molar-refractivity contribution < 1.29 is 4.79 Å². The van der Waals surface area contributed by atoms with Gasteiger partial charge < -0.3 is 10.2 Å². The van der Waals surface area contributed by atoms with Gasteiger partial charge in [-0.2, -0.15) is 0 Å². The normalized spacial score (nSPS) is 10.2. The SMILES string of the molecule is Cc1ccccc1CNC(=O)c1ccc(N(C)C)nc1. The van der Waals surface area contributed by atoms with E-state index >= 15 is 0 Å². The number of rotatable bonds is 4. The van der Waals surface area contributed by atoms with Gasteiger partial charge in [-0.1, -0.05) is 24.3 Å². The average Bonchev–Trinajstić information content (AvgIpc) is 2.46. The Hall–Kier alpha value is -2.36. The number of anilines is 1. The Morgan fingerprint density at radius 2 is 1.95 bits per heavy atom. The molecule has 104 valence electrons. The third-order valence-electron chi connectivity index (χ3n) is 3.17. The van der Waals surface area contributed by atoms with Crippen LogP contribution in [0.2, 0.25) is 0 Å². The molecule has 2 rings (SSSR count). The minimum atomic E-state index is -0.106. The molecule has 4 nitrogen and oxygen atoms in total. The number of amides is 1. The Morgan fingerprint density at radius 3 is 2.55 bits per heavy atom. The third kappa shape index (κ3) is 3.35. The van der Waals surface area contributed by atoms with Crippen molar-refractivity contribution in [1.82, 2.24) is 10.3 Å². The first-order chi connectivity index (χ1) is 9.58. The first-order valence-electron chi connectivity index (χ1n) is 6.54. The van der Waals surface area contributed by atoms with E-state index in [2.05, 4.69) is 10.3 Å². The van der Waals surface area contributed by atoms with Crippen molar-refractivity contribution in [3.05, 3.63) is 59.3 Å². The molecular weight excluding hydrogens is 250 g/mol. The molecule has 2 aromatic rings. The van der Waals surface area contributed by atoms with Crippen LogP contribution in [0.4, 0.5) is 5.82 Å². The number of nitrogens with zero attached hydrogens (tertiary/aromatic N) is 2. The van der Waals surface area contributed by atoms with Crippen LogP contribution >= 0.6 is 0 Å². The van der Waals surface area contributed by atoms with Crippen molar-refractivity contribution in [2.45, 2.75) is 13.5 Å². The van der Waals surface area contributed by atoms with Crippen LogP contribution in [-0.4, -0.2) is 25.0 Å². The molecule has 1 N–H and O–H groups in total. The van der Waals surface area contributed by atoms with Crippen LogP contribution in [0.15, 0.2) is 42.6 Å². The van der Waals surface area contributed by atoms with Crippen LogP contribution in [0.3, 0.4) is 0 Å². The van der Waals surface area contributed by atoms with Crippen molar-refractivity contribution >= 4 is 11.7 Å². The summed E-state index contributed by atoms with van der Waals surface area (Å²) in [7, 11) is 3.83. The summed E-state index contributed by atoms with van der Waals surface area (Å²) in [4.78, 5) is 18.2.